The molecular weight excluding hydrogens is 645 g/mol. The van der Waals surface area contributed by atoms with E-state index in [1.54, 1.807) is 0 Å². The van der Waals surface area contributed by atoms with Crippen molar-refractivity contribution in [3.63, 3.8) is 0 Å². The Kier molecular flexibility index (Phi) is 6.52. The first-order valence-electron chi connectivity index (χ1n) is 18.0. The minimum absolute atomic E-state index is 0.627. The van der Waals surface area contributed by atoms with E-state index in [-0.39, 0.29) is 0 Å². The van der Waals surface area contributed by atoms with Crippen LogP contribution in [-0.2, 0) is 0 Å². The van der Waals surface area contributed by atoms with Gasteiger partial charge in [-0.05, 0) is 63.0 Å². The van der Waals surface area contributed by atoms with Crippen LogP contribution in [-0.4, -0.2) is 19.5 Å². The second kappa shape index (κ2) is 11.7. The average molecular weight is 675 g/mol. The molecule has 2 aromatic heterocycles. The summed E-state index contributed by atoms with van der Waals surface area (Å²) in [4.78, 5) is 15.4. The van der Waals surface area contributed by atoms with E-state index in [1.807, 2.05) is 36.4 Å². The van der Waals surface area contributed by atoms with Gasteiger partial charge in [0.25, 0.3) is 0 Å². The minimum atomic E-state index is 0.627. The molecule has 246 valence electrons. The van der Waals surface area contributed by atoms with Crippen LogP contribution in [0.1, 0.15) is 0 Å². The number of hydrogen-bond acceptors (Lipinski definition) is 3. The highest BCUT2D eigenvalue weighted by atomic mass is 15.1. The van der Waals surface area contributed by atoms with Crippen LogP contribution in [0.2, 0.25) is 0 Å². The van der Waals surface area contributed by atoms with Gasteiger partial charge in [0.1, 0.15) is 0 Å². The van der Waals surface area contributed by atoms with Crippen LogP contribution in [0.25, 0.3) is 106 Å². The molecule has 0 saturated carbocycles. The third-order valence-electron chi connectivity index (χ3n) is 10.6. The van der Waals surface area contributed by atoms with Crippen molar-refractivity contribution in [2.24, 2.45) is 0 Å². The summed E-state index contributed by atoms with van der Waals surface area (Å²) in [5.74, 6) is 1.91. The summed E-state index contributed by atoms with van der Waals surface area (Å²) in [5.41, 5.74) is 13.5. The van der Waals surface area contributed by atoms with Crippen molar-refractivity contribution < 1.29 is 0 Å². The van der Waals surface area contributed by atoms with Gasteiger partial charge in [-0.15, -0.1) is 0 Å². The lowest BCUT2D eigenvalue weighted by Gasteiger charge is -2.17. The lowest BCUT2D eigenvalue weighted by molar-refractivity contribution is 1.06. The largest absolute Gasteiger partial charge is 0.308 e. The van der Waals surface area contributed by atoms with E-state index in [0.29, 0.717) is 17.5 Å². The van der Waals surface area contributed by atoms with Gasteiger partial charge in [-0.1, -0.05) is 158 Å². The van der Waals surface area contributed by atoms with Gasteiger partial charge in [-0.3, -0.25) is 0 Å². The van der Waals surface area contributed by atoms with Gasteiger partial charge in [0.15, 0.2) is 17.5 Å². The summed E-state index contributed by atoms with van der Waals surface area (Å²) < 4.78 is 2.44. The molecule has 0 unspecified atom stereocenters. The molecule has 0 atom stereocenters. The first-order valence-corrected chi connectivity index (χ1v) is 18.0. The molecule has 10 aromatic rings. The number of nitrogens with zero attached hydrogens (tertiary/aromatic N) is 4. The fourth-order valence-electron chi connectivity index (χ4n) is 8.31. The lowest BCUT2D eigenvalue weighted by Crippen LogP contribution is -2.03. The Balaban J connectivity index is 1.28. The van der Waals surface area contributed by atoms with Gasteiger partial charge in [0.2, 0.25) is 0 Å². The second-order valence-electron chi connectivity index (χ2n) is 13.5. The highest BCUT2D eigenvalue weighted by Crippen LogP contribution is 2.51. The molecule has 0 saturated heterocycles. The zero-order chi connectivity index (χ0) is 34.9. The highest BCUT2D eigenvalue weighted by Gasteiger charge is 2.27. The summed E-state index contributed by atoms with van der Waals surface area (Å²) in [6.45, 7) is 0. The number of fused-ring (bicyclic) bond motifs is 3. The molecule has 8 aromatic carbocycles. The second-order valence-corrected chi connectivity index (χ2v) is 13.5. The summed E-state index contributed by atoms with van der Waals surface area (Å²) >= 11 is 0. The molecule has 0 fully saturated rings. The average Bonchev–Trinajstić information content (AvgIpc) is 3.51. The molecule has 0 aliphatic heterocycles. The number of para-hydroxylation sites is 1. The fraction of sp³-hybridized carbons (Fsp3) is 0. The molecule has 0 radical (unpaired) electrons. The third kappa shape index (κ3) is 4.52. The van der Waals surface area contributed by atoms with Crippen LogP contribution in [0.4, 0.5) is 0 Å². The van der Waals surface area contributed by atoms with Gasteiger partial charge in [0.05, 0.1) is 16.7 Å². The fourth-order valence-corrected chi connectivity index (χ4v) is 8.31. The maximum absolute atomic E-state index is 5.18. The molecule has 1 aliphatic rings. The van der Waals surface area contributed by atoms with Gasteiger partial charge >= 0.3 is 0 Å². The number of hydrogen-bond donors (Lipinski definition) is 0. The van der Waals surface area contributed by atoms with Crippen LogP contribution >= 0.6 is 0 Å². The minimum Gasteiger partial charge on any atom is -0.308 e. The van der Waals surface area contributed by atoms with Crippen molar-refractivity contribution >= 4 is 32.6 Å². The third-order valence-corrected chi connectivity index (χ3v) is 10.6. The van der Waals surface area contributed by atoms with Crippen LogP contribution < -0.4 is 0 Å². The van der Waals surface area contributed by atoms with Crippen molar-refractivity contribution in [2.75, 3.05) is 0 Å². The predicted octanol–water partition coefficient (Wildman–Crippen LogP) is 12.4. The van der Waals surface area contributed by atoms with E-state index in [9.17, 15) is 0 Å². The van der Waals surface area contributed by atoms with Crippen LogP contribution in [0, 0.1) is 0 Å². The van der Waals surface area contributed by atoms with Crippen molar-refractivity contribution in [3.05, 3.63) is 182 Å². The smallest absolute Gasteiger partial charge is 0.166 e. The Morgan fingerprint density at radius 1 is 0.302 bits per heavy atom. The van der Waals surface area contributed by atoms with Crippen LogP contribution in [0.15, 0.2) is 182 Å². The van der Waals surface area contributed by atoms with Gasteiger partial charge in [-0.2, -0.15) is 0 Å². The maximum atomic E-state index is 5.18. The Morgan fingerprint density at radius 2 is 0.792 bits per heavy atom. The van der Waals surface area contributed by atoms with E-state index >= 15 is 0 Å². The van der Waals surface area contributed by atoms with Crippen LogP contribution in [0.3, 0.4) is 0 Å². The number of aromatic nitrogens is 4. The molecule has 0 amide bonds. The molecule has 1 aliphatic carbocycles. The topological polar surface area (TPSA) is 43.6 Å². The number of rotatable bonds is 5. The molecule has 53 heavy (non-hydrogen) atoms. The monoisotopic (exact) mass is 674 g/mol. The predicted molar refractivity (Wildman–Crippen MR) is 218 cm³/mol. The zero-order valence-corrected chi connectivity index (χ0v) is 28.6. The standard InChI is InChI=1S/C49H30N4/c1-4-16-31(17-5-1)40-30-43-46-44-36(25-14-26-38(40)44)34-22-10-11-23-35(34)37-27-15-29-42(45(37)46)53(43)41-28-13-12-24-39(41)49-51-47(32-18-6-2-7-19-32)50-48(52-49)33-20-8-3-9-21-33/h1-30H. The maximum Gasteiger partial charge on any atom is 0.166 e. The van der Waals surface area contributed by atoms with Crippen LogP contribution in [0.5, 0.6) is 0 Å². The van der Waals surface area contributed by atoms with Crippen molar-refractivity contribution in [1.29, 1.82) is 0 Å². The normalized spacial score (nSPS) is 11.8. The highest BCUT2D eigenvalue weighted by molar-refractivity contribution is 6.32. The lowest BCUT2D eigenvalue weighted by atomic mass is 9.90. The summed E-state index contributed by atoms with van der Waals surface area (Å²) in [6.07, 6.45) is 0. The van der Waals surface area contributed by atoms with E-state index < -0.39 is 0 Å². The molecule has 4 nitrogen and oxygen atoms in total. The SMILES string of the molecule is c1ccc(-c2nc(-c3ccccc3)nc(-c3ccccc3-n3c4cccc5c4c4c6c(cccc6c(-c6ccccc6)cc43)-c3ccccc3-5)n2)cc1. The van der Waals surface area contributed by atoms with E-state index in [4.69, 9.17) is 15.0 Å². The van der Waals surface area contributed by atoms with E-state index in [2.05, 4.69) is 150 Å². The molecule has 4 heteroatoms. The first kappa shape index (κ1) is 29.5. The molecule has 2 heterocycles. The van der Waals surface area contributed by atoms with E-state index in [0.717, 1.165) is 33.4 Å². The quantitative estimate of drug-likeness (QED) is 0.182. The Labute approximate surface area is 306 Å². The van der Waals surface area contributed by atoms with Gasteiger partial charge < -0.3 is 4.57 Å². The van der Waals surface area contributed by atoms with E-state index in [1.165, 1.54) is 54.9 Å². The Morgan fingerprint density at radius 3 is 1.43 bits per heavy atom. The van der Waals surface area contributed by atoms with Crippen molar-refractivity contribution in [1.82, 2.24) is 19.5 Å². The molecule has 0 bridgehead atoms. The zero-order valence-electron chi connectivity index (χ0n) is 28.6. The van der Waals surface area contributed by atoms with Gasteiger partial charge in [0, 0.05) is 32.8 Å². The molecule has 11 rings (SSSR count). The summed E-state index contributed by atoms with van der Waals surface area (Å²) in [5, 5.41) is 5.04. The van der Waals surface area contributed by atoms with Gasteiger partial charge in [-0.25, -0.2) is 15.0 Å². The first-order chi connectivity index (χ1) is 26.3. The Hall–Kier alpha value is -7.17. The molecule has 0 spiro atoms. The Bertz CT molecular complexity index is 2980. The number of benzene rings is 8. The molecule has 0 N–H and O–H groups in total. The molecular formula is C49H30N4. The summed E-state index contributed by atoms with van der Waals surface area (Å²) in [7, 11) is 0. The van der Waals surface area contributed by atoms with Crippen molar-refractivity contribution in [2.45, 2.75) is 0 Å². The summed E-state index contributed by atoms with van der Waals surface area (Å²) in [6, 6.07) is 64.4. The van der Waals surface area contributed by atoms with Crippen molar-refractivity contribution in [3.8, 4) is 73.2 Å².